The van der Waals surface area contributed by atoms with Gasteiger partial charge in [0, 0.05) is 0 Å². The quantitative estimate of drug-likeness (QED) is 0.564. The van der Waals surface area contributed by atoms with E-state index in [2.05, 4.69) is 18.8 Å². The van der Waals surface area contributed by atoms with Crippen LogP contribution in [0.3, 0.4) is 0 Å². The first-order chi connectivity index (χ1) is 14.4. The Bertz CT molecular complexity index is 1100. The molecule has 0 unspecified atom stereocenters. The summed E-state index contributed by atoms with van der Waals surface area (Å²) in [4.78, 5) is 6.59. The Morgan fingerprint density at radius 3 is 2.50 bits per heavy atom. The fourth-order valence-corrected chi connectivity index (χ4v) is 5.04. The number of thiazole rings is 1. The van der Waals surface area contributed by atoms with Crippen LogP contribution in [0.5, 0.6) is 11.5 Å². The molecular formula is C23H25N3O3S. The van der Waals surface area contributed by atoms with E-state index in [1.54, 1.807) is 14.2 Å². The molecule has 0 aliphatic carbocycles. The topological polar surface area (TPSA) is 78.7 Å². The molecular weight excluding hydrogens is 398 g/mol. The number of nitrogens with zero attached hydrogens (tertiary/aromatic N) is 2. The van der Waals surface area contributed by atoms with Crippen molar-refractivity contribution < 1.29 is 14.6 Å². The molecule has 156 valence electrons. The van der Waals surface area contributed by atoms with Crippen molar-refractivity contribution in [3.63, 3.8) is 0 Å². The number of hydrogen-bond donors (Lipinski definition) is 2. The van der Waals surface area contributed by atoms with Crippen molar-refractivity contribution in [2.45, 2.75) is 19.9 Å². The number of aromatic nitrogens is 1. The van der Waals surface area contributed by atoms with Crippen LogP contribution in [0.4, 0.5) is 0 Å². The fourth-order valence-electron chi connectivity index (χ4n) is 4.00. The van der Waals surface area contributed by atoms with Gasteiger partial charge in [-0.05, 0) is 35.7 Å². The van der Waals surface area contributed by atoms with Crippen LogP contribution in [0.1, 0.15) is 30.5 Å². The number of benzene rings is 2. The first kappa shape index (κ1) is 20.2. The number of hydrogen-bond acceptors (Lipinski definition) is 6. The van der Waals surface area contributed by atoms with Gasteiger partial charge in [-0.3, -0.25) is 5.41 Å². The van der Waals surface area contributed by atoms with Crippen LogP contribution in [0.15, 0.2) is 48.2 Å². The highest BCUT2D eigenvalue weighted by Crippen LogP contribution is 2.41. The smallest absolute Gasteiger partial charge is 0.161 e. The SMILES string of the molecule is COc1ccc([C@@H](C(C)C)N2CC(O)=C(c3nc4ccccc4s3)C2=N)cc1OC. The minimum Gasteiger partial charge on any atom is -0.510 e. The summed E-state index contributed by atoms with van der Waals surface area (Å²) in [7, 11) is 3.22. The van der Waals surface area contributed by atoms with Crippen molar-refractivity contribution in [1.82, 2.24) is 9.88 Å². The van der Waals surface area contributed by atoms with Crippen molar-refractivity contribution in [2.75, 3.05) is 20.8 Å². The predicted octanol–water partition coefficient (Wildman–Crippen LogP) is 5.27. The lowest BCUT2D eigenvalue weighted by molar-refractivity contribution is 0.247. The molecule has 1 atom stereocenters. The molecule has 0 fully saturated rings. The van der Waals surface area contributed by atoms with Gasteiger partial charge in [0.25, 0.3) is 0 Å². The van der Waals surface area contributed by atoms with Gasteiger partial charge in [-0.15, -0.1) is 11.3 Å². The number of amidine groups is 1. The number of nitrogens with one attached hydrogen (secondary N) is 1. The summed E-state index contributed by atoms with van der Waals surface area (Å²) >= 11 is 1.50. The average Bonchev–Trinajstić information content (AvgIpc) is 3.27. The monoisotopic (exact) mass is 423 g/mol. The summed E-state index contributed by atoms with van der Waals surface area (Å²) in [5.74, 6) is 1.99. The zero-order valence-electron chi connectivity index (χ0n) is 17.5. The molecule has 0 saturated heterocycles. The Hall–Kier alpha value is -3.06. The van der Waals surface area contributed by atoms with Crippen LogP contribution in [0.25, 0.3) is 15.8 Å². The molecule has 1 aromatic heterocycles. The molecule has 1 aliphatic heterocycles. The molecule has 0 spiro atoms. The number of rotatable bonds is 6. The van der Waals surface area contributed by atoms with Gasteiger partial charge in [-0.25, -0.2) is 4.98 Å². The van der Waals surface area contributed by atoms with Crippen LogP contribution in [-0.4, -0.2) is 41.6 Å². The molecule has 2 N–H and O–H groups in total. The van der Waals surface area contributed by atoms with Gasteiger partial charge in [-0.2, -0.15) is 0 Å². The number of para-hydroxylation sites is 1. The number of aliphatic hydroxyl groups excluding tert-OH is 1. The van der Waals surface area contributed by atoms with Gasteiger partial charge in [0.2, 0.25) is 0 Å². The van der Waals surface area contributed by atoms with Crippen molar-refractivity contribution in [1.29, 1.82) is 5.41 Å². The molecule has 0 bridgehead atoms. The number of aliphatic hydroxyl groups is 1. The molecule has 3 aromatic rings. The normalized spacial score (nSPS) is 15.4. The van der Waals surface area contributed by atoms with E-state index < -0.39 is 0 Å². The Morgan fingerprint density at radius 1 is 1.10 bits per heavy atom. The lowest BCUT2D eigenvalue weighted by Crippen LogP contribution is -2.34. The maximum atomic E-state index is 10.8. The van der Waals surface area contributed by atoms with Crippen molar-refractivity contribution in [3.8, 4) is 11.5 Å². The van der Waals surface area contributed by atoms with E-state index in [-0.39, 0.29) is 24.3 Å². The summed E-state index contributed by atoms with van der Waals surface area (Å²) in [6, 6.07) is 13.6. The van der Waals surface area contributed by atoms with E-state index in [1.807, 2.05) is 47.4 Å². The van der Waals surface area contributed by atoms with E-state index in [1.165, 1.54) is 11.3 Å². The Kier molecular flexibility index (Phi) is 5.39. The highest BCUT2D eigenvalue weighted by Gasteiger charge is 2.36. The van der Waals surface area contributed by atoms with Crippen LogP contribution in [0, 0.1) is 11.3 Å². The minimum absolute atomic E-state index is 0.105. The van der Waals surface area contributed by atoms with Gasteiger partial charge in [0.05, 0.1) is 42.6 Å². The van der Waals surface area contributed by atoms with Crippen LogP contribution in [0.2, 0.25) is 0 Å². The highest BCUT2D eigenvalue weighted by molar-refractivity contribution is 7.19. The van der Waals surface area contributed by atoms with Gasteiger partial charge < -0.3 is 19.5 Å². The molecule has 30 heavy (non-hydrogen) atoms. The van der Waals surface area contributed by atoms with Crippen molar-refractivity contribution in [2.24, 2.45) is 5.92 Å². The number of fused-ring (bicyclic) bond motifs is 1. The predicted molar refractivity (Wildman–Crippen MR) is 121 cm³/mol. The standard InChI is InChI=1S/C23H25N3O3S/c1-13(2)21(14-9-10-17(28-3)18(11-14)29-4)26-12-16(27)20(22(26)24)23-25-15-7-5-6-8-19(15)30-23/h5-11,13,21,24,27H,12H2,1-4H3/t21-/m1/s1. The average molecular weight is 424 g/mol. The molecule has 4 rings (SSSR count). The molecule has 2 heterocycles. The molecule has 2 aromatic carbocycles. The van der Waals surface area contributed by atoms with Crippen LogP contribution < -0.4 is 9.47 Å². The third-order valence-corrected chi connectivity index (χ3v) is 6.41. The van der Waals surface area contributed by atoms with E-state index >= 15 is 0 Å². The third-order valence-electron chi connectivity index (χ3n) is 5.36. The van der Waals surface area contributed by atoms with E-state index in [0.29, 0.717) is 27.9 Å². The van der Waals surface area contributed by atoms with Gasteiger partial charge in [0.1, 0.15) is 16.6 Å². The number of ether oxygens (including phenoxy) is 2. The largest absolute Gasteiger partial charge is 0.510 e. The Balaban J connectivity index is 1.70. The molecule has 0 saturated carbocycles. The highest BCUT2D eigenvalue weighted by atomic mass is 32.1. The zero-order valence-corrected chi connectivity index (χ0v) is 18.3. The zero-order chi connectivity index (χ0) is 21.4. The lowest BCUT2D eigenvalue weighted by Gasteiger charge is -2.33. The van der Waals surface area contributed by atoms with Gasteiger partial charge in [-0.1, -0.05) is 32.0 Å². The summed E-state index contributed by atoms with van der Waals surface area (Å²) < 4.78 is 11.9. The van der Waals surface area contributed by atoms with E-state index in [4.69, 9.17) is 14.9 Å². The lowest BCUT2D eigenvalue weighted by atomic mass is 9.94. The summed E-state index contributed by atoms with van der Waals surface area (Å²) in [6.45, 7) is 4.50. The van der Waals surface area contributed by atoms with Crippen LogP contribution in [-0.2, 0) is 0 Å². The second-order valence-corrected chi connectivity index (χ2v) is 8.62. The summed E-state index contributed by atoms with van der Waals surface area (Å²) in [5, 5.41) is 20.3. The molecule has 7 heteroatoms. The fraction of sp³-hybridized carbons (Fsp3) is 0.304. The van der Waals surface area contributed by atoms with E-state index in [0.717, 1.165) is 15.8 Å². The van der Waals surface area contributed by atoms with Gasteiger partial charge >= 0.3 is 0 Å². The van der Waals surface area contributed by atoms with Crippen molar-refractivity contribution in [3.05, 3.63) is 58.8 Å². The molecule has 0 amide bonds. The molecule has 1 aliphatic rings. The maximum absolute atomic E-state index is 10.8. The van der Waals surface area contributed by atoms with Gasteiger partial charge in [0.15, 0.2) is 11.5 Å². The maximum Gasteiger partial charge on any atom is 0.161 e. The second kappa shape index (κ2) is 7.99. The summed E-state index contributed by atoms with van der Waals surface area (Å²) in [5.41, 5.74) is 2.40. The first-order valence-electron chi connectivity index (χ1n) is 9.80. The molecule has 6 nitrogen and oxygen atoms in total. The van der Waals surface area contributed by atoms with Crippen molar-refractivity contribution >= 4 is 33.0 Å². The Morgan fingerprint density at radius 2 is 1.83 bits per heavy atom. The minimum atomic E-state index is -0.105. The van der Waals surface area contributed by atoms with Crippen LogP contribution >= 0.6 is 11.3 Å². The van der Waals surface area contributed by atoms with E-state index in [9.17, 15) is 5.11 Å². The Labute approximate surface area is 179 Å². The summed E-state index contributed by atoms with van der Waals surface area (Å²) in [6.07, 6.45) is 0. The number of methoxy groups -OCH3 is 2. The first-order valence-corrected chi connectivity index (χ1v) is 10.6. The second-order valence-electron chi connectivity index (χ2n) is 7.59. The molecule has 0 radical (unpaired) electrons. The third kappa shape index (κ3) is 3.39.